The number of nitrogens with one attached hydrogen (secondary N) is 3. The molecule has 0 radical (unpaired) electrons. The van der Waals surface area contributed by atoms with Crippen molar-refractivity contribution < 1.29 is 14.3 Å². The molecule has 0 unspecified atom stereocenters. The molecule has 3 N–H and O–H groups in total. The van der Waals surface area contributed by atoms with Crippen molar-refractivity contribution in [1.82, 2.24) is 35.4 Å². The van der Waals surface area contributed by atoms with Gasteiger partial charge >= 0.3 is 0 Å². The molecule has 2 aromatic rings. The lowest BCUT2D eigenvalue weighted by atomic mass is 10.0. The molecule has 190 valence electrons. The quantitative estimate of drug-likeness (QED) is 0.475. The summed E-state index contributed by atoms with van der Waals surface area (Å²) in [6, 6.07) is 3.95. The molecule has 0 bridgehead atoms. The monoisotopic (exact) mass is 493 g/mol. The minimum Gasteiger partial charge on any atom is -0.496 e. The van der Waals surface area contributed by atoms with E-state index in [1.807, 2.05) is 12.1 Å². The standard InChI is InChI=1S/C25H31N7O4/c1-35-21-11-17(29-20-12-22(33)28-14-18(20)21)13-26-16-5-7-31(8-6-16)9-10-32-24(34)15-27-19-3-4-23(36-2)30-25(19)32/h3-4,11-12,15-16,26,29H,5-10,13-14H2,1-2H3,(H,28,33). The highest BCUT2D eigenvalue weighted by molar-refractivity contribution is 5.91. The Bertz CT molecular complexity index is 1310. The molecule has 0 aromatic carbocycles. The Hall–Kier alpha value is -3.70. The molecule has 0 spiro atoms. The zero-order valence-electron chi connectivity index (χ0n) is 20.5. The van der Waals surface area contributed by atoms with E-state index in [-0.39, 0.29) is 11.5 Å². The van der Waals surface area contributed by atoms with Gasteiger partial charge in [0.1, 0.15) is 11.3 Å². The number of amides is 1. The summed E-state index contributed by atoms with van der Waals surface area (Å²) in [6.45, 7) is 4.31. The lowest BCUT2D eigenvalue weighted by Gasteiger charge is -2.33. The summed E-state index contributed by atoms with van der Waals surface area (Å²) in [5.74, 6) is 1.14. The number of carbonyl (C=O) groups is 1. The van der Waals surface area contributed by atoms with Gasteiger partial charge in [0.25, 0.3) is 5.56 Å². The minimum atomic E-state index is -0.161. The Morgan fingerprint density at radius 3 is 2.72 bits per heavy atom. The van der Waals surface area contributed by atoms with Crippen molar-refractivity contribution >= 4 is 17.1 Å². The molecule has 1 saturated heterocycles. The molecule has 0 aliphatic carbocycles. The van der Waals surface area contributed by atoms with Crippen LogP contribution in [-0.4, -0.2) is 78.3 Å². The van der Waals surface area contributed by atoms with Crippen LogP contribution in [0.25, 0.3) is 11.2 Å². The highest BCUT2D eigenvalue weighted by atomic mass is 16.5. The summed E-state index contributed by atoms with van der Waals surface area (Å²) >= 11 is 0. The van der Waals surface area contributed by atoms with Gasteiger partial charge in [-0.25, -0.2) is 4.98 Å². The van der Waals surface area contributed by atoms with Crippen LogP contribution in [0.2, 0.25) is 0 Å². The molecule has 1 amide bonds. The van der Waals surface area contributed by atoms with Crippen LogP contribution in [-0.2, 0) is 16.1 Å². The van der Waals surface area contributed by atoms with E-state index in [0.717, 1.165) is 55.2 Å². The van der Waals surface area contributed by atoms with Crippen molar-refractivity contribution in [2.75, 3.05) is 46.9 Å². The number of dihydropyridines is 1. The van der Waals surface area contributed by atoms with E-state index < -0.39 is 0 Å². The third kappa shape index (κ3) is 5.12. The number of aromatic nitrogens is 3. The van der Waals surface area contributed by atoms with Crippen LogP contribution < -0.4 is 26.2 Å². The van der Waals surface area contributed by atoms with Crippen molar-refractivity contribution in [1.29, 1.82) is 0 Å². The van der Waals surface area contributed by atoms with E-state index in [1.165, 1.54) is 6.20 Å². The van der Waals surface area contributed by atoms with Gasteiger partial charge in [-0.05, 0) is 32.0 Å². The number of allylic oxidation sites excluding steroid dienone is 1. The Balaban J connectivity index is 1.14. The van der Waals surface area contributed by atoms with Crippen molar-refractivity contribution in [2.45, 2.75) is 25.4 Å². The van der Waals surface area contributed by atoms with Crippen LogP contribution in [0.1, 0.15) is 12.8 Å². The Labute approximate surface area is 208 Å². The van der Waals surface area contributed by atoms with Crippen molar-refractivity contribution in [3.05, 3.63) is 63.6 Å². The van der Waals surface area contributed by atoms with E-state index in [0.29, 0.717) is 42.7 Å². The highest BCUT2D eigenvalue weighted by Crippen LogP contribution is 2.23. The van der Waals surface area contributed by atoms with Crippen LogP contribution in [0.15, 0.2) is 58.0 Å². The number of hydrogen-bond acceptors (Lipinski definition) is 9. The molecule has 3 aliphatic heterocycles. The lowest BCUT2D eigenvalue weighted by molar-refractivity contribution is -0.116. The fraction of sp³-hybridized carbons (Fsp3) is 0.440. The average Bonchev–Trinajstić information content (AvgIpc) is 2.90. The van der Waals surface area contributed by atoms with Gasteiger partial charge in [0.2, 0.25) is 11.8 Å². The summed E-state index contributed by atoms with van der Waals surface area (Å²) in [6.07, 6.45) is 6.94. The zero-order valence-corrected chi connectivity index (χ0v) is 20.5. The van der Waals surface area contributed by atoms with Crippen LogP contribution in [0.4, 0.5) is 0 Å². The second-order valence-corrected chi connectivity index (χ2v) is 9.06. The Kier molecular flexibility index (Phi) is 7.01. The molecular formula is C25H31N7O4. The maximum absolute atomic E-state index is 12.5. The predicted octanol–water partition coefficient (Wildman–Crippen LogP) is 0.255. The summed E-state index contributed by atoms with van der Waals surface area (Å²) in [4.78, 5) is 35.2. The number of piperidine rings is 1. The fourth-order valence-corrected chi connectivity index (χ4v) is 4.81. The van der Waals surface area contributed by atoms with Crippen LogP contribution in [0.5, 0.6) is 5.88 Å². The molecule has 2 aromatic heterocycles. The smallest absolute Gasteiger partial charge is 0.270 e. The number of ether oxygens (including phenoxy) is 2. The second-order valence-electron chi connectivity index (χ2n) is 9.06. The summed E-state index contributed by atoms with van der Waals surface area (Å²) < 4.78 is 12.4. The molecule has 5 rings (SSSR count). The van der Waals surface area contributed by atoms with Gasteiger partial charge in [-0.15, -0.1) is 0 Å². The van der Waals surface area contributed by atoms with Crippen LogP contribution >= 0.6 is 0 Å². The minimum absolute atomic E-state index is 0.102. The third-order valence-corrected chi connectivity index (χ3v) is 6.84. The first-order valence-electron chi connectivity index (χ1n) is 12.1. The number of rotatable bonds is 8. The largest absolute Gasteiger partial charge is 0.496 e. The van der Waals surface area contributed by atoms with E-state index in [4.69, 9.17) is 9.47 Å². The number of likely N-dealkylation sites (tertiary alicyclic amines) is 1. The van der Waals surface area contributed by atoms with E-state index in [2.05, 4.69) is 30.8 Å². The number of fused-ring (bicyclic) bond motifs is 2. The molecule has 0 atom stereocenters. The number of carbonyl (C=O) groups excluding carboxylic acids is 1. The van der Waals surface area contributed by atoms with Gasteiger partial charge in [-0.1, -0.05) is 0 Å². The van der Waals surface area contributed by atoms with Crippen molar-refractivity contribution in [3.8, 4) is 5.88 Å². The van der Waals surface area contributed by atoms with Gasteiger partial charge in [0.05, 0.1) is 26.1 Å². The van der Waals surface area contributed by atoms with Gasteiger partial charge in [-0.3, -0.25) is 14.2 Å². The normalized spacial score (nSPS) is 18.8. The van der Waals surface area contributed by atoms with E-state index >= 15 is 0 Å². The van der Waals surface area contributed by atoms with Gasteiger partial charge < -0.3 is 30.3 Å². The third-order valence-electron chi connectivity index (χ3n) is 6.84. The first kappa shape index (κ1) is 24.0. The van der Waals surface area contributed by atoms with Gasteiger partial charge in [0, 0.05) is 61.7 Å². The Morgan fingerprint density at radius 2 is 1.94 bits per heavy atom. The van der Waals surface area contributed by atoms with E-state index in [1.54, 1.807) is 30.9 Å². The Morgan fingerprint density at radius 1 is 1.11 bits per heavy atom. The molecule has 11 heteroatoms. The molecule has 0 saturated carbocycles. The van der Waals surface area contributed by atoms with Crippen molar-refractivity contribution in [2.24, 2.45) is 0 Å². The van der Waals surface area contributed by atoms with Gasteiger partial charge in [-0.2, -0.15) is 4.98 Å². The topological polar surface area (TPSA) is 123 Å². The fourth-order valence-electron chi connectivity index (χ4n) is 4.81. The highest BCUT2D eigenvalue weighted by Gasteiger charge is 2.24. The zero-order chi connectivity index (χ0) is 25.1. The number of pyridine rings is 1. The first-order chi connectivity index (χ1) is 17.5. The summed E-state index contributed by atoms with van der Waals surface area (Å²) in [7, 11) is 3.20. The van der Waals surface area contributed by atoms with Gasteiger partial charge in [0.15, 0.2) is 5.65 Å². The lowest BCUT2D eigenvalue weighted by Crippen LogP contribution is -2.45. The van der Waals surface area contributed by atoms with Crippen LogP contribution in [0.3, 0.4) is 0 Å². The van der Waals surface area contributed by atoms with Crippen LogP contribution in [0, 0.1) is 0 Å². The number of hydrogen-bond donors (Lipinski definition) is 3. The van der Waals surface area contributed by atoms with E-state index in [9.17, 15) is 9.59 Å². The molecule has 11 nitrogen and oxygen atoms in total. The SMILES string of the molecule is COC1=C2CNC(=O)C=C2NC(CNC2CCN(CCn3c(=O)cnc4ccc(OC)nc43)CC2)=C1. The predicted molar refractivity (Wildman–Crippen MR) is 134 cm³/mol. The summed E-state index contributed by atoms with van der Waals surface area (Å²) in [5.41, 5.74) is 3.80. The number of methoxy groups -OCH3 is 2. The maximum Gasteiger partial charge on any atom is 0.270 e. The molecule has 1 fully saturated rings. The second kappa shape index (κ2) is 10.5. The molecule has 5 heterocycles. The maximum atomic E-state index is 12.5. The number of nitrogens with zero attached hydrogens (tertiary/aromatic N) is 4. The molecular weight excluding hydrogens is 462 g/mol. The van der Waals surface area contributed by atoms with Crippen molar-refractivity contribution in [3.63, 3.8) is 0 Å². The first-order valence-corrected chi connectivity index (χ1v) is 12.1. The average molecular weight is 494 g/mol. The summed E-state index contributed by atoms with van der Waals surface area (Å²) in [5, 5.41) is 9.81. The molecule has 36 heavy (non-hydrogen) atoms. The molecule has 3 aliphatic rings.